The van der Waals surface area contributed by atoms with E-state index in [1.807, 2.05) is 0 Å². The maximum absolute atomic E-state index is 10.8. The number of hydrogen-bond acceptors (Lipinski definition) is 5. The summed E-state index contributed by atoms with van der Waals surface area (Å²) in [5.41, 5.74) is 0.611. The van der Waals surface area contributed by atoms with E-state index in [9.17, 15) is 10.1 Å². The molecule has 0 aromatic carbocycles. The van der Waals surface area contributed by atoms with E-state index in [1.165, 1.54) is 12.6 Å². The Balaban J connectivity index is 1.92. The summed E-state index contributed by atoms with van der Waals surface area (Å²) in [6.45, 7) is 3.30. The number of rotatable bonds is 5. The van der Waals surface area contributed by atoms with Gasteiger partial charge in [0.05, 0.1) is 15.5 Å². The smallest absolute Gasteiger partial charge is 0.291 e. The summed E-state index contributed by atoms with van der Waals surface area (Å²) in [5, 5.41) is 14.0. The van der Waals surface area contributed by atoms with Crippen LogP contribution in [0, 0.1) is 17.0 Å². The minimum atomic E-state index is -0.424. The molecule has 1 atom stereocenters. The van der Waals surface area contributed by atoms with Gasteiger partial charge in [0, 0.05) is 18.7 Å². The van der Waals surface area contributed by atoms with E-state index in [0.29, 0.717) is 22.0 Å². The van der Waals surface area contributed by atoms with Crippen LogP contribution in [0.2, 0.25) is 0 Å². The van der Waals surface area contributed by atoms with Crippen molar-refractivity contribution in [3.8, 4) is 0 Å². The van der Waals surface area contributed by atoms with Crippen molar-refractivity contribution in [1.82, 2.24) is 4.98 Å². The molecule has 0 amide bonds. The van der Waals surface area contributed by atoms with Crippen molar-refractivity contribution >= 4 is 27.4 Å². The molecule has 7 heteroatoms. The molecule has 1 aliphatic rings. The number of ether oxygens (including phenoxy) is 1. The monoisotopic (exact) mass is 343 g/mol. The molecule has 110 valence electrons. The molecule has 1 unspecified atom stereocenters. The van der Waals surface area contributed by atoms with Gasteiger partial charge in [-0.25, -0.2) is 4.98 Å². The molecule has 1 aromatic rings. The molecule has 1 fully saturated rings. The fourth-order valence-electron chi connectivity index (χ4n) is 2.26. The van der Waals surface area contributed by atoms with Crippen LogP contribution in [0.4, 0.5) is 11.5 Å². The van der Waals surface area contributed by atoms with E-state index in [2.05, 4.69) is 26.2 Å². The van der Waals surface area contributed by atoms with Gasteiger partial charge in [0.15, 0.2) is 0 Å². The predicted molar refractivity (Wildman–Crippen MR) is 80.0 cm³/mol. The lowest BCUT2D eigenvalue weighted by Gasteiger charge is -2.22. The van der Waals surface area contributed by atoms with Crippen LogP contribution in [0.3, 0.4) is 0 Å². The van der Waals surface area contributed by atoms with Crippen molar-refractivity contribution in [2.45, 2.75) is 38.7 Å². The minimum absolute atomic E-state index is 0.0260. The highest BCUT2D eigenvalue weighted by molar-refractivity contribution is 9.10. The second-order valence-corrected chi connectivity index (χ2v) is 5.69. The molecule has 6 nitrogen and oxygen atoms in total. The average molecular weight is 344 g/mol. The molecule has 2 rings (SSSR count). The van der Waals surface area contributed by atoms with Crippen molar-refractivity contribution < 1.29 is 9.66 Å². The van der Waals surface area contributed by atoms with E-state index < -0.39 is 4.92 Å². The molecule has 0 radical (unpaired) electrons. The summed E-state index contributed by atoms with van der Waals surface area (Å²) < 4.78 is 6.31. The van der Waals surface area contributed by atoms with E-state index >= 15 is 0 Å². The zero-order valence-corrected chi connectivity index (χ0v) is 13.0. The van der Waals surface area contributed by atoms with Crippen LogP contribution < -0.4 is 5.32 Å². The Kier molecular flexibility index (Phi) is 5.31. The van der Waals surface area contributed by atoms with Crippen molar-refractivity contribution in [3.63, 3.8) is 0 Å². The van der Waals surface area contributed by atoms with E-state index in [-0.39, 0.29) is 5.69 Å². The standard InChI is InChI=1S/C13H18BrN3O3/c1-9-11(17(18)19)8-16-13(12(9)14)15-6-5-10-4-2-3-7-20-10/h8,10H,2-7H2,1H3,(H,15,16). The Morgan fingerprint density at radius 2 is 2.40 bits per heavy atom. The summed E-state index contributed by atoms with van der Waals surface area (Å²) in [4.78, 5) is 14.5. The SMILES string of the molecule is Cc1c([N+](=O)[O-])cnc(NCCC2CCCCO2)c1Br. The molecular weight excluding hydrogens is 326 g/mol. The lowest BCUT2D eigenvalue weighted by molar-refractivity contribution is -0.385. The summed E-state index contributed by atoms with van der Waals surface area (Å²) in [6.07, 6.45) is 6.01. The van der Waals surface area contributed by atoms with Gasteiger partial charge in [-0.05, 0) is 48.5 Å². The first kappa shape index (κ1) is 15.2. The zero-order valence-electron chi connectivity index (χ0n) is 11.4. The highest BCUT2D eigenvalue weighted by atomic mass is 79.9. The summed E-state index contributed by atoms with van der Waals surface area (Å²) in [6, 6.07) is 0. The number of nitro groups is 1. The quantitative estimate of drug-likeness (QED) is 0.654. The molecule has 1 N–H and O–H groups in total. The number of pyridine rings is 1. The van der Waals surface area contributed by atoms with Crippen LogP contribution in [0.5, 0.6) is 0 Å². The van der Waals surface area contributed by atoms with Gasteiger partial charge in [-0.2, -0.15) is 0 Å². The molecule has 0 bridgehead atoms. The Bertz CT molecular complexity index is 490. The number of hydrogen-bond donors (Lipinski definition) is 1. The van der Waals surface area contributed by atoms with Gasteiger partial charge in [0.1, 0.15) is 12.0 Å². The Labute approximate surface area is 126 Å². The highest BCUT2D eigenvalue weighted by Crippen LogP contribution is 2.30. The number of aromatic nitrogens is 1. The molecule has 20 heavy (non-hydrogen) atoms. The second-order valence-electron chi connectivity index (χ2n) is 4.89. The van der Waals surface area contributed by atoms with Crippen LogP contribution in [0.25, 0.3) is 0 Å². The van der Waals surface area contributed by atoms with Gasteiger partial charge in [0.2, 0.25) is 0 Å². The largest absolute Gasteiger partial charge is 0.378 e. The van der Waals surface area contributed by atoms with Gasteiger partial charge in [-0.3, -0.25) is 10.1 Å². The minimum Gasteiger partial charge on any atom is -0.378 e. The van der Waals surface area contributed by atoms with Crippen molar-refractivity contribution in [3.05, 3.63) is 26.3 Å². The summed E-state index contributed by atoms with van der Waals surface area (Å²) in [5.74, 6) is 0.643. The average Bonchev–Trinajstić information content (AvgIpc) is 2.44. The van der Waals surface area contributed by atoms with Crippen LogP contribution >= 0.6 is 15.9 Å². The number of nitrogens with one attached hydrogen (secondary N) is 1. The second kappa shape index (κ2) is 6.99. The molecule has 0 aliphatic carbocycles. The van der Waals surface area contributed by atoms with Crippen molar-refractivity contribution in [1.29, 1.82) is 0 Å². The lowest BCUT2D eigenvalue weighted by atomic mass is 10.1. The topological polar surface area (TPSA) is 77.3 Å². The van der Waals surface area contributed by atoms with E-state index in [4.69, 9.17) is 4.74 Å². The first-order valence-electron chi connectivity index (χ1n) is 6.74. The number of anilines is 1. The molecular formula is C13H18BrN3O3. The maximum Gasteiger partial charge on any atom is 0.291 e. The Morgan fingerprint density at radius 3 is 3.05 bits per heavy atom. The normalized spacial score (nSPS) is 18.8. The summed E-state index contributed by atoms with van der Waals surface area (Å²) >= 11 is 3.36. The number of nitrogens with zero attached hydrogens (tertiary/aromatic N) is 2. The van der Waals surface area contributed by atoms with Gasteiger partial charge < -0.3 is 10.1 Å². The van der Waals surface area contributed by atoms with Crippen LogP contribution in [-0.2, 0) is 4.74 Å². The van der Waals surface area contributed by atoms with E-state index in [0.717, 1.165) is 32.4 Å². The molecule has 2 heterocycles. The predicted octanol–water partition coefficient (Wildman–Crippen LogP) is 3.43. The van der Waals surface area contributed by atoms with Crippen LogP contribution in [-0.4, -0.2) is 29.2 Å². The van der Waals surface area contributed by atoms with Gasteiger partial charge in [0.25, 0.3) is 5.69 Å². The molecule has 1 saturated heterocycles. The van der Waals surface area contributed by atoms with Crippen LogP contribution in [0.1, 0.15) is 31.2 Å². The zero-order chi connectivity index (χ0) is 14.5. The van der Waals surface area contributed by atoms with Crippen molar-refractivity contribution in [2.75, 3.05) is 18.5 Å². The molecule has 1 aromatic heterocycles. The third kappa shape index (κ3) is 3.67. The third-order valence-electron chi connectivity index (χ3n) is 3.47. The van der Waals surface area contributed by atoms with Gasteiger partial charge in [-0.15, -0.1) is 0 Å². The number of halogens is 1. The first-order valence-corrected chi connectivity index (χ1v) is 7.54. The Hall–Kier alpha value is -1.21. The van der Waals surface area contributed by atoms with E-state index in [1.54, 1.807) is 6.92 Å². The maximum atomic E-state index is 10.8. The molecule has 0 saturated carbocycles. The fraction of sp³-hybridized carbons (Fsp3) is 0.615. The Morgan fingerprint density at radius 1 is 1.60 bits per heavy atom. The summed E-state index contributed by atoms with van der Waals surface area (Å²) in [7, 11) is 0. The van der Waals surface area contributed by atoms with Crippen LogP contribution in [0.15, 0.2) is 10.7 Å². The van der Waals surface area contributed by atoms with Gasteiger partial charge >= 0.3 is 0 Å². The fourth-order valence-corrected chi connectivity index (χ4v) is 2.71. The lowest BCUT2D eigenvalue weighted by Crippen LogP contribution is -2.22. The first-order chi connectivity index (χ1) is 9.59. The van der Waals surface area contributed by atoms with Gasteiger partial charge in [-0.1, -0.05) is 0 Å². The molecule has 1 aliphatic heterocycles. The van der Waals surface area contributed by atoms with Crippen molar-refractivity contribution in [2.24, 2.45) is 0 Å². The third-order valence-corrected chi connectivity index (χ3v) is 4.44. The highest BCUT2D eigenvalue weighted by Gasteiger charge is 2.18. The molecule has 0 spiro atoms.